The number of aliphatic hydroxyl groups is 1. The Morgan fingerprint density at radius 2 is 1.77 bits per heavy atom. The summed E-state index contributed by atoms with van der Waals surface area (Å²) in [6.45, 7) is -0.871. The smallest absolute Gasteiger partial charge is 0.397 e. The molecule has 4 N–H and O–H groups in total. The van der Waals surface area contributed by atoms with Gasteiger partial charge in [0.2, 0.25) is 0 Å². The van der Waals surface area contributed by atoms with E-state index in [0.717, 1.165) is 12.1 Å². The second kappa shape index (κ2) is 8.12. The minimum atomic E-state index is -5.07. The largest absolute Gasteiger partial charge is 0.418 e. The number of anilines is 1. The van der Waals surface area contributed by atoms with Gasteiger partial charge < -0.3 is 16.2 Å². The predicted molar refractivity (Wildman–Crippen MR) is 98.1 cm³/mol. The van der Waals surface area contributed by atoms with Crippen molar-refractivity contribution in [2.75, 3.05) is 12.3 Å². The molecule has 164 valence electrons. The van der Waals surface area contributed by atoms with Crippen molar-refractivity contribution in [1.82, 2.24) is 10.3 Å². The quantitative estimate of drug-likeness (QED) is 0.559. The number of carbonyl (C=O) groups is 1. The van der Waals surface area contributed by atoms with Crippen LogP contribution in [-0.2, 0) is 6.18 Å². The zero-order chi connectivity index (χ0) is 23.1. The summed E-state index contributed by atoms with van der Waals surface area (Å²) >= 11 is 11.7. The van der Waals surface area contributed by atoms with Crippen LogP contribution < -0.4 is 11.1 Å². The van der Waals surface area contributed by atoms with Crippen LogP contribution in [-0.4, -0.2) is 34.3 Å². The van der Waals surface area contributed by atoms with E-state index in [1.54, 1.807) is 5.32 Å². The van der Waals surface area contributed by atoms with Crippen molar-refractivity contribution in [3.63, 3.8) is 0 Å². The predicted octanol–water partition coefficient (Wildman–Crippen LogP) is 4.70. The monoisotopic (exact) mass is 475 g/mol. The number of carbonyl (C=O) groups excluding carboxylic acids is 1. The van der Waals surface area contributed by atoms with Crippen molar-refractivity contribution in [1.29, 1.82) is 0 Å². The van der Waals surface area contributed by atoms with E-state index in [1.807, 2.05) is 0 Å². The maximum atomic E-state index is 13.5. The average molecular weight is 476 g/mol. The molecule has 0 aliphatic carbocycles. The molecule has 5 nitrogen and oxygen atoms in total. The normalized spacial score (nSPS) is 14.3. The molecular weight excluding hydrogens is 463 g/mol. The third-order valence-electron chi connectivity index (χ3n) is 3.96. The third kappa shape index (κ3) is 5.08. The van der Waals surface area contributed by atoms with E-state index in [9.17, 15) is 36.2 Å². The molecule has 0 aliphatic heterocycles. The summed E-state index contributed by atoms with van der Waals surface area (Å²) in [5, 5.41) is 11.1. The minimum Gasteiger partial charge on any atom is -0.397 e. The number of nitrogen functional groups attached to an aromatic ring is 1. The van der Waals surface area contributed by atoms with Crippen molar-refractivity contribution in [3.05, 3.63) is 45.6 Å². The van der Waals surface area contributed by atoms with Gasteiger partial charge in [-0.1, -0.05) is 23.2 Å². The number of nitrogens with two attached hydrogens (primary N) is 1. The fourth-order valence-electron chi connectivity index (χ4n) is 2.25. The molecule has 1 aromatic heterocycles. The lowest BCUT2D eigenvalue weighted by Gasteiger charge is -2.26. The van der Waals surface area contributed by atoms with Crippen molar-refractivity contribution in [2.24, 2.45) is 0 Å². The second-order valence-electron chi connectivity index (χ2n) is 6.40. The van der Waals surface area contributed by atoms with Crippen molar-refractivity contribution in [3.8, 4) is 11.3 Å². The molecule has 2 aromatic rings. The number of halogens is 8. The van der Waals surface area contributed by atoms with Crippen LogP contribution in [0.25, 0.3) is 11.3 Å². The van der Waals surface area contributed by atoms with Crippen molar-refractivity contribution >= 4 is 34.8 Å². The summed E-state index contributed by atoms with van der Waals surface area (Å²) in [6.07, 6.45) is -10.0. The number of nitrogens with one attached hydrogen (secondary N) is 1. The van der Waals surface area contributed by atoms with E-state index in [-0.39, 0.29) is 15.6 Å². The summed E-state index contributed by atoms with van der Waals surface area (Å²) in [6, 6.07) is 3.94. The van der Waals surface area contributed by atoms with Crippen molar-refractivity contribution < 1.29 is 36.2 Å². The Morgan fingerprint density at radius 3 is 2.27 bits per heavy atom. The number of aromatic nitrogens is 1. The van der Waals surface area contributed by atoms with Gasteiger partial charge in [0, 0.05) is 10.6 Å². The number of pyridine rings is 1. The average Bonchev–Trinajstić information content (AvgIpc) is 2.58. The van der Waals surface area contributed by atoms with Crippen LogP contribution in [0.4, 0.5) is 32.0 Å². The standard InChI is InChI=1S/C17H13Cl2F6N3O2/c1-15(30,17(23,24)25)6-27-14(29)13-11(26)5-9(16(20,21)22)12(28-13)8-3-2-7(18)4-10(8)19/h2-5,30H,6,26H2,1H3,(H,27,29)/t15-/m1/s1. The molecule has 1 amide bonds. The van der Waals surface area contributed by atoms with Crippen LogP contribution in [0.1, 0.15) is 23.0 Å². The molecule has 0 unspecified atom stereocenters. The van der Waals surface area contributed by atoms with Gasteiger partial charge in [-0.3, -0.25) is 4.79 Å². The van der Waals surface area contributed by atoms with Gasteiger partial charge in [-0.25, -0.2) is 4.98 Å². The number of nitrogens with zero attached hydrogens (tertiary/aromatic N) is 1. The number of alkyl halides is 6. The molecule has 0 radical (unpaired) electrons. The van der Waals surface area contributed by atoms with Crippen LogP contribution >= 0.6 is 23.2 Å². The van der Waals surface area contributed by atoms with Gasteiger partial charge in [0.1, 0.15) is 0 Å². The first-order valence-corrected chi connectivity index (χ1v) is 8.70. The van der Waals surface area contributed by atoms with E-state index in [2.05, 4.69) is 4.98 Å². The topological polar surface area (TPSA) is 88.2 Å². The van der Waals surface area contributed by atoms with Gasteiger partial charge in [-0.2, -0.15) is 26.3 Å². The Balaban J connectivity index is 2.53. The van der Waals surface area contributed by atoms with Crippen LogP contribution in [0.5, 0.6) is 0 Å². The Morgan fingerprint density at radius 1 is 1.17 bits per heavy atom. The first-order valence-electron chi connectivity index (χ1n) is 7.95. The first kappa shape index (κ1) is 24.0. The maximum Gasteiger partial charge on any atom is 0.418 e. The van der Waals surface area contributed by atoms with Crippen LogP contribution in [0.2, 0.25) is 10.0 Å². The van der Waals surface area contributed by atoms with Crippen LogP contribution in [0.15, 0.2) is 24.3 Å². The third-order valence-corrected chi connectivity index (χ3v) is 4.51. The molecule has 0 fully saturated rings. The lowest BCUT2D eigenvalue weighted by atomic mass is 10.0. The number of rotatable bonds is 4. The highest BCUT2D eigenvalue weighted by molar-refractivity contribution is 6.36. The molecule has 1 heterocycles. The fourth-order valence-corrected chi connectivity index (χ4v) is 2.75. The van der Waals surface area contributed by atoms with E-state index in [1.165, 1.54) is 6.07 Å². The van der Waals surface area contributed by atoms with E-state index >= 15 is 0 Å². The van der Waals surface area contributed by atoms with Crippen LogP contribution in [0.3, 0.4) is 0 Å². The summed E-state index contributed by atoms with van der Waals surface area (Å²) < 4.78 is 78.6. The fraction of sp³-hybridized carbons (Fsp3) is 0.294. The molecule has 1 aromatic carbocycles. The highest BCUT2D eigenvalue weighted by Gasteiger charge is 2.50. The SMILES string of the molecule is C[C@@](O)(CNC(=O)c1nc(-c2ccc(Cl)cc2Cl)c(C(F)(F)F)cc1N)C(F)(F)F. The van der Waals surface area contributed by atoms with Crippen LogP contribution in [0, 0.1) is 0 Å². The molecule has 0 aliphatic rings. The van der Waals surface area contributed by atoms with Gasteiger partial charge in [0.25, 0.3) is 5.91 Å². The molecular formula is C17H13Cl2F6N3O2. The Labute approximate surface area is 175 Å². The van der Waals surface area contributed by atoms with E-state index in [4.69, 9.17) is 28.9 Å². The van der Waals surface area contributed by atoms with E-state index < -0.39 is 53.0 Å². The molecule has 13 heteroatoms. The number of benzene rings is 1. The number of hydrogen-bond acceptors (Lipinski definition) is 4. The van der Waals surface area contributed by atoms with Gasteiger partial charge in [0.05, 0.1) is 28.5 Å². The Kier molecular flexibility index (Phi) is 6.51. The van der Waals surface area contributed by atoms with Gasteiger partial charge in [-0.15, -0.1) is 0 Å². The zero-order valence-corrected chi connectivity index (χ0v) is 16.4. The maximum absolute atomic E-state index is 13.5. The molecule has 2 rings (SSSR count). The van der Waals surface area contributed by atoms with E-state index in [0.29, 0.717) is 13.0 Å². The minimum absolute atomic E-state index is 0.125. The molecule has 0 bridgehead atoms. The Bertz CT molecular complexity index is 977. The highest BCUT2D eigenvalue weighted by Crippen LogP contribution is 2.40. The number of amides is 1. The molecule has 0 saturated carbocycles. The first-order chi connectivity index (χ1) is 13.5. The molecule has 0 spiro atoms. The molecule has 0 saturated heterocycles. The Hall–Kier alpha value is -2.24. The van der Waals surface area contributed by atoms with Gasteiger partial charge in [0.15, 0.2) is 11.3 Å². The zero-order valence-electron chi connectivity index (χ0n) is 14.9. The van der Waals surface area contributed by atoms with Crippen molar-refractivity contribution in [2.45, 2.75) is 24.9 Å². The summed E-state index contributed by atoms with van der Waals surface area (Å²) in [5.74, 6) is -1.32. The summed E-state index contributed by atoms with van der Waals surface area (Å²) in [4.78, 5) is 15.9. The summed E-state index contributed by atoms with van der Waals surface area (Å²) in [5.41, 5.74) is -1.63. The summed E-state index contributed by atoms with van der Waals surface area (Å²) in [7, 11) is 0. The van der Waals surface area contributed by atoms with Gasteiger partial charge in [-0.05, 0) is 31.2 Å². The molecule has 30 heavy (non-hydrogen) atoms. The second-order valence-corrected chi connectivity index (χ2v) is 7.24. The van der Waals surface area contributed by atoms with Gasteiger partial charge >= 0.3 is 12.4 Å². The number of hydrogen-bond donors (Lipinski definition) is 3. The lowest BCUT2D eigenvalue weighted by Crippen LogP contribution is -2.51. The highest BCUT2D eigenvalue weighted by atomic mass is 35.5. The molecule has 1 atom stereocenters. The lowest BCUT2D eigenvalue weighted by molar-refractivity contribution is -0.249.